The molecule has 1 saturated carbocycles. The maximum atomic E-state index is 12.3. The highest BCUT2D eigenvalue weighted by molar-refractivity contribution is 8.16. The third-order valence-corrected chi connectivity index (χ3v) is 8.77. The van der Waals surface area contributed by atoms with Gasteiger partial charge in [-0.05, 0) is 42.7 Å². The van der Waals surface area contributed by atoms with Crippen molar-refractivity contribution in [3.63, 3.8) is 0 Å². The summed E-state index contributed by atoms with van der Waals surface area (Å²) in [4.78, 5) is 18.6. The van der Waals surface area contributed by atoms with E-state index in [1.54, 1.807) is 0 Å². The number of hydrogen-bond acceptors (Lipinski definition) is 5. The van der Waals surface area contributed by atoms with Crippen LogP contribution in [0.3, 0.4) is 0 Å². The van der Waals surface area contributed by atoms with Crippen LogP contribution in [0.15, 0.2) is 59.6 Å². The quantitative estimate of drug-likeness (QED) is 0.707. The van der Waals surface area contributed by atoms with Crippen molar-refractivity contribution in [2.75, 3.05) is 16.4 Å². The van der Waals surface area contributed by atoms with Gasteiger partial charge in [0.1, 0.15) is 12.4 Å². The van der Waals surface area contributed by atoms with Crippen LogP contribution in [0.4, 0.5) is 5.69 Å². The maximum Gasteiger partial charge on any atom is 0.251 e. The molecule has 5 rings (SSSR count). The Balaban J connectivity index is 1.37. The van der Waals surface area contributed by atoms with E-state index in [1.807, 2.05) is 59.5 Å². The molecule has 2 aliphatic heterocycles. The molecule has 0 N–H and O–H groups in total. The maximum absolute atomic E-state index is 12.3. The molecule has 156 valence electrons. The first kappa shape index (κ1) is 19.6. The summed E-state index contributed by atoms with van der Waals surface area (Å²) in [6.07, 6.45) is 1.80. The minimum absolute atomic E-state index is 0.0397. The number of amides is 1. The molecule has 6 nitrogen and oxygen atoms in total. The molecular weight excluding hydrogens is 420 g/mol. The van der Waals surface area contributed by atoms with Crippen LogP contribution in [-0.4, -0.2) is 42.3 Å². The molecule has 8 heteroatoms. The second-order valence-corrected chi connectivity index (χ2v) is 11.3. The number of anilines is 1. The van der Waals surface area contributed by atoms with Gasteiger partial charge in [-0.1, -0.05) is 42.1 Å². The Morgan fingerprint density at radius 2 is 1.80 bits per heavy atom. The third-order valence-electron chi connectivity index (χ3n) is 5.56. The topological polar surface area (TPSA) is 76.0 Å². The number of thioether (sulfide) groups is 1. The van der Waals surface area contributed by atoms with E-state index in [0.717, 1.165) is 29.8 Å². The van der Waals surface area contributed by atoms with Gasteiger partial charge in [-0.3, -0.25) is 4.79 Å². The van der Waals surface area contributed by atoms with E-state index < -0.39 is 9.84 Å². The highest BCUT2D eigenvalue weighted by atomic mass is 32.2. The van der Waals surface area contributed by atoms with Crippen molar-refractivity contribution in [1.82, 2.24) is 0 Å². The fraction of sp³-hybridized carbons (Fsp3) is 0.364. The molecule has 1 amide bonds. The van der Waals surface area contributed by atoms with Gasteiger partial charge in [0.05, 0.1) is 17.5 Å². The highest BCUT2D eigenvalue weighted by Crippen LogP contribution is 2.42. The van der Waals surface area contributed by atoms with Crippen LogP contribution in [0.1, 0.15) is 18.4 Å². The molecule has 3 fully saturated rings. The first-order valence-corrected chi connectivity index (χ1v) is 12.7. The van der Waals surface area contributed by atoms with Gasteiger partial charge in [0, 0.05) is 16.9 Å². The molecule has 1 aliphatic carbocycles. The normalized spacial score (nSPS) is 26.0. The van der Waals surface area contributed by atoms with E-state index in [0.29, 0.717) is 11.8 Å². The van der Waals surface area contributed by atoms with Crippen LogP contribution in [0.5, 0.6) is 5.75 Å². The van der Waals surface area contributed by atoms with Crippen LogP contribution in [-0.2, 0) is 21.2 Å². The summed E-state index contributed by atoms with van der Waals surface area (Å²) in [6.45, 7) is 0.477. The lowest BCUT2D eigenvalue weighted by Crippen LogP contribution is -2.37. The first-order chi connectivity index (χ1) is 14.5. The number of carbonyl (C=O) groups is 1. The number of ether oxygens (including phenoxy) is 1. The summed E-state index contributed by atoms with van der Waals surface area (Å²) in [7, 11) is -3.08. The second-order valence-electron chi connectivity index (χ2n) is 7.95. The average molecular weight is 443 g/mol. The second kappa shape index (κ2) is 7.74. The van der Waals surface area contributed by atoms with Crippen molar-refractivity contribution in [2.24, 2.45) is 10.9 Å². The molecule has 0 spiro atoms. The summed E-state index contributed by atoms with van der Waals surface area (Å²) in [6, 6.07) is 17.3. The van der Waals surface area contributed by atoms with E-state index in [-0.39, 0.29) is 34.6 Å². The fourth-order valence-electron chi connectivity index (χ4n) is 3.83. The van der Waals surface area contributed by atoms with Gasteiger partial charge in [-0.15, -0.1) is 0 Å². The molecule has 0 bridgehead atoms. The molecular formula is C22H22N2O4S2. The Labute approximate surface area is 180 Å². The van der Waals surface area contributed by atoms with E-state index >= 15 is 0 Å². The van der Waals surface area contributed by atoms with Gasteiger partial charge in [0.15, 0.2) is 15.0 Å². The first-order valence-electron chi connectivity index (χ1n) is 10.0. The summed E-state index contributed by atoms with van der Waals surface area (Å²) >= 11 is 1.42. The number of aliphatic imine (C=N–C) groups is 1. The van der Waals surface area contributed by atoms with E-state index in [4.69, 9.17) is 4.74 Å². The Morgan fingerprint density at radius 3 is 2.50 bits per heavy atom. The van der Waals surface area contributed by atoms with Crippen molar-refractivity contribution in [1.29, 1.82) is 0 Å². The minimum Gasteiger partial charge on any atom is -0.489 e. The van der Waals surface area contributed by atoms with Crippen molar-refractivity contribution in [3.8, 4) is 5.75 Å². The Morgan fingerprint density at radius 1 is 1.07 bits per heavy atom. The van der Waals surface area contributed by atoms with Crippen LogP contribution in [0, 0.1) is 5.92 Å². The predicted octanol–water partition coefficient (Wildman–Crippen LogP) is 3.28. The SMILES string of the molecule is O=C(N=C1S[C@H]2CS(=O)(=O)C[C@H]2N1c1ccc(OCc2ccccc2)cc1)C1CC1. The summed E-state index contributed by atoms with van der Waals surface area (Å²) < 4.78 is 30.2. The van der Waals surface area contributed by atoms with Crippen LogP contribution in [0.2, 0.25) is 0 Å². The van der Waals surface area contributed by atoms with Crippen molar-refractivity contribution < 1.29 is 17.9 Å². The molecule has 0 unspecified atom stereocenters. The van der Waals surface area contributed by atoms with Gasteiger partial charge in [0.2, 0.25) is 0 Å². The average Bonchev–Trinajstić information content (AvgIpc) is 3.48. The van der Waals surface area contributed by atoms with E-state index in [2.05, 4.69) is 4.99 Å². The zero-order valence-electron chi connectivity index (χ0n) is 16.3. The molecule has 0 radical (unpaired) electrons. The van der Waals surface area contributed by atoms with Crippen molar-refractivity contribution in [3.05, 3.63) is 60.2 Å². The van der Waals surface area contributed by atoms with Gasteiger partial charge in [-0.25, -0.2) is 8.42 Å². The van der Waals surface area contributed by atoms with E-state index in [1.165, 1.54) is 11.8 Å². The van der Waals surface area contributed by atoms with Crippen molar-refractivity contribution in [2.45, 2.75) is 30.7 Å². The Kier molecular flexibility index (Phi) is 5.06. The lowest BCUT2D eigenvalue weighted by Gasteiger charge is -2.24. The number of rotatable bonds is 5. The Bertz CT molecular complexity index is 1080. The standard InChI is InChI=1S/C22H22N2O4S2/c25-21(16-6-7-16)23-22-24(19-13-30(26,27)14-20(19)29-22)17-8-10-18(11-9-17)28-12-15-4-2-1-3-5-15/h1-5,8-11,16,19-20H,6-7,12-14H2/t19-,20+/m1/s1. The largest absolute Gasteiger partial charge is 0.489 e. The summed E-state index contributed by atoms with van der Waals surface area (Å²) in [5, 5.41) is 0.532. The summed E-state index contributed by atoms with van der Waals surface area (Å²) in [5.74, 6) is 0.907. The van der Waals surface area contributed by atoms with E-state index in [9.17, 15) is 13.2 Å². The lowest BCUT2D eigenvalue weighted by atomic mass is 10.2. The number of hydrogen-bond donors (Lipinski definition) is 0. The molecule has 2 aromatic rings. The van der Waals surface area contributed by atoms with Crippen LogP contribution in [0.25, 0.3) is 0 Å². The molecule has 30 heavy (non-hydrogen) atoms. The molecule has 2 heterocycles. The lowest BCUT2D eigenvalue weighted by molar-refractivity contribution is -0.118. The third kappa shape index (κ3) is 4.11. The number of benzene rings is 2. The molecule has 0 aromatic heterocycles. The highest BCUT2D eigenvalue weighted by Gasteiger charge is 2.49. The zero-order valence-corrected chi connectivity index (χ0v) is 17.9. The number of sulfone groups is 1. The molecule has 2 aromatic carbocycles. The molecule has 3 aliphatic rings. The van der Waals surface area contributed by atoms with Gasteiger partial charge in [0.25, 0.3) is 5.91 Å². The smallest absolute Gasteiger partial charge is 0.251 e. The fourth-order valence-corrected chi connectivity index (χ4v) is 7.75. The van der Waals surface area contributed by atoms with Gasteiger partial charge < -0.3 is 9.64 Å². The van der Waals surface area contributed by atoms with Crippen LogP contribution >= 0.6 is 11.8 Å². The van der Waals surface area contributed by atoms with Crippen molar-refractivity contribution >= 4 is 38.4 Å². The molecule has 2 saturated heterocycles. The van der Waals surface area contributed by atoms with Gasteiger partial charge in [-0.2, -0.15) is 4.99 Å². The predicted molar refractivity (Wildman–Crippen MR) is 119 cm³/mol. The summed E-state index contributed by atoms with van der Waals surface area (Å²) in [5.41, 5.74) is 1.92. The number of carbonyl (C=O) groups excluding carboxylic acids is 1. The monoisotopic (exact) mass is 442 g/mol. The zero-order chi connectivity index (χ0) is 20.7. The number of nitrogens with zero attached hydrogens (tertiary/aromatic N) is 2. The molecule has 2 atom stereocenters. The Hall–Kier alpha value is -2.32. The number of fused-ring (bicyclic) bond motifs is 1. The van der Waals surface area contributed by atoms with Crippen LogP contribution < -0.4 is 9.64 Å². The minimum atomic E-state index is -3.08. The van der Waals surface area contributed by atoms with Gasteiger partial charge >= 0.3 is 0 Å². The number of amidine groups is 1.